The first kappa shape index (κ1) is 18.1. The number of nitrogens with zero attached hydrogens (tertiary/aromatic N) is 1. The standard InChI is InChI=1S/C21H24FNO4/c1-2-25-18-12-20-19(26-14-27-20)11-15(18)13-23-9-7-21(24,8-10-23)16-5-3-4-6-17(16)22/h3-6,11-12,24H,2,7-10,13-14H2,1H3. The minimum absolute atomic E-state index is 0.226. The minimum Gasteiger partial charge on any atom is -0.493 e. The third-order valence-corrected chi connectivity index (χ3v) is 5.31. The van der Waals surface area contributed by atoms with Gasteiger partial charge in [0, 0.05) is 36.8 Å². The van der Waals surface area contributed by atoms with E-state index >= 15 is 0 Å². The van der Waals surface area contributed by atoms with Crippen LogP contribution in [0.3, 0.4) is 0 Å². The topological polar surface area (TPSA) is 51.2 Å². The van der Waals surface area contributed by atoms with E-state index in [1.807, 2.05) is 19.1 Å². The zero-order valence-corrected chi connectivity index (χ0v) is 15.4. The normalized spacial score (nSPS) is 18.5. The van der Waals surface area contributed by atoms with Crippen LogP contribution in [0, 0.1) is 5.82 Å². The Kier molecular flexibility index (Phi) is 4.93. The lowest BCUT2D eigenvalue weighted by molar-refractivity contribution is -0.0303. The van der Waals surface area contributed by atoms with Crippen LogP contribution in [0.15, 0.2) is 36.4 Å². The van der Waals surface area contributed by atoms with Gasteiger partial charge in [-0.15, -0.1) is 0 Å². The van der Waals surface area contributed by atoms with Crippen molar-refractivity contribution < 1.29 is 23.7 Å². The van der Waals surface area contributed by atoms with Crippen LogP contribution in [0.2, 0.25) is 0 Å². The summed E-state index contributed by atoms with van der Waals surface area (Å²) in [5, 5.41) is 10.9. The van der Waals surface area contributed by atoms with Crippen LogP contribution in [0.5, 0.6) is 17.2 Å². The second-order valence-corrected chi connectivity index (χ2v) is 7.03. The average Bonchev–Trinajstić information content (AvgIpc) is 3.12. The van der Waals surface area contributed by atoms with Crippen molar-refractivity contribution in [2.24, 2.45) is 0 Å². The molecule has 0 unspecified atom stereocenters. The van der Waals surface area contributed by atoms with E-state index in [9.17, 15) is 9.50 Å². The molecule has 0 aromatic heterocycles. The number of rotatable bonds is 5. The van der Waals surface area contributed by atoms with Gasteiger partial charge in [-0.25, -0.2) is 4.39 Å². The number of ether oxygens (including phenoxy) is 3. The smallest absolute Gasteiger partial charge is 0.231 e. The molecule has 2 aliphatic heterocycles. The van der Waals surface area contributed by atoms with Crippen molar-refractivity contribution in [2.45, 2.75) is 31.9 Å². The Hall–Kier alpha value is -2.31. The molecule has 0 radical (unpaired) electrons. The quantitative estimate of drug-likeness (QED) is 0.870. The summed E-state index contributed by atoms with van der Waals surface area (Å²) >= 11 is 0. The van der Waals surface area contributed by atoms with E-state index in [2.05, 4.69) is 4.90 Å². The van der Waals surface area contributed by atoms with Crippen molar-refractivity contribution in [2.75, 3.05) is 26.5 Å². The predicted octanol–water partition coefficient (Wildman–Crippen LogP) is 3.44. The van der Waals surface area contributed by atoms with Crippen molar-refractivity contribution in [1.82, 2.24) is 4.90 Å². The fourth-order valence-corrected chi connectivity index (χ4v) is 3.81. The summed E-state index contributed by atoms with van der Waals surface area (Å²) in [7, 11) is 0. The molecule has 0 amide bonds. The highest BCUT2D eigenvalue weighted by Gasteiger charge is 2.36. The molecule has 1 N–H and O–H groups in total. The SMILES string of the molecule is CCOc1cc2c(cc1CN1CCC(O)(c3ccccc3F)CC1)OCO2. The zero-order valence-electron chi connectivity index (χ0n) is 15.4. The average molecular weight is 373 g/mol. The summed E-state index contributed by atoms with van der Waals surface area (Å²) in [6, 6.07) is 10.3. The molecule has 0 aliphatic carbocycles. The van der Waals surface area contributed by atoms with Gasteiger partial charge >= 0.3 is 0 Å². The summed E-state index contributed by atoms with van der Waals surface area (Å²) < 4.78 is 30.8. The molecule has 2 aromatic rings. The van der Waals surface area contributed by atoms with E-state index in [1.165, 1.54) is 6.07 Å². The molecule has 5 nitrogen and oxygen atoms in total. The maximum atomic E-state index is 14.1. The third kappa shape index (κ3) is 3.59. The maximum absolute atomic E-state index is 14.1. The van der Waals surface area contributed by atoms with Gasteiger partial charge in [-0.2, -0.15) is 0 Å². The van der Waals surface area contributed by atoms with E-state index in [-0.39, 0.29) is 12.6 Å². The zero-order chi connectivity index (χ0) is 18.9. The fourth-order valence-electron chi connectivity index (χ4n) is 3.81. The van der Waals surface area contributed by atoms with Crippen molar-refractivity contribution in [3.8, 4) is 17.2 Å². The maximum Gasteiger partial charge on any atom is 0.231 e. The molecule has 0 atom stereocenters. The Morgan fingerprint density at radius 2 is 1.85 bits per heavy atom. The Morgan fingerprint density at radius 1 is 1.15 bits per heavy atom. The molecule has 1 saturated heterocycles. The first-order valence-corrected chi connectivity index (χ1v) is 9.34. The summed E-state index contributed by atoms with van der Waals surface area (Å²) in [5.41, 5.74) is 0.305. The van der Waals surface area contributed by atoms with Gasteiger partial charge in [0.15, 0.2) is 11.5 Å². The number of benzene rings is 2. The van der Waals surface area contributed by atoms with Crippen molar-refractivity contribution in [3.05, 3.63) is 53.3 Å². The highest BCUT2D eigenvalue weighted by molar-refractivity contribution is 5.51. The molecule has 1 fully saturated rings. The molecule has 0 saturated carbocycles. The summed E-state index contributed by atoms with van der Waals surface area (Å²) in [5.74, 6) is 1.88. The van der Waals surface area contributed by atoms with E-state index in [0.717, 1.165) is 17.1 Å². The van der Waals surface area contributed by atoms with Gasteiger partial charge in [-0.3, -0.25) is 4.90 Å². The Bertz CT molecular complexity index is 818. The van der Waals surface area contributed by atoms with Gasteiger partial charge in [-0.1, -0.05) is 18.2 Å². The van der Waals surface area contributed by atoms with Crippen molar-refractivity contribution >= 4 is 0 Å². The second-order valence-electron chi connectivity index (χ2n) is 7.03. The summed E-state index contributed by atoms with van der Waals surface area (Å²) in [6.07, 6.45) is 0.977. The van der Waals surface area contributed by atoms with E-state index < -0.39 is 5.60 Å². The molecular formula is C21H24FNO4. The van der Waals surface area contributed by atoms with Crippen LogP contribution in [-0.2, 0) is 12.1 Å². The monoisotopic (exact) mass is 373 g/mol. The van der Waals surface area contributed by atoms with Crippen molar-refractivity contribution in [1.29, 1.82) is 0 Å². The largest absolute Gasteiger partial charge is 0.493 e. The van der Waals surface area contributed by atoms with Gasteiger partial charge < -0.3 is 19.3 Å². The number of halogens is 1. The number of likely N-dealkylation sites (tertiary alicyclic amines) is 1. The number of aliphatic hydroxyl groups is 1. The van der Waals surface area contributed by atoms with Gasteiger partial charge in [-0.05, 0) is 31.9 Å². The Morgan fingerprint density at radius 3 is 2.56 bits per heavy atom. The Labute approximate surface area is 158 Å². The molecule has 6 heteroatoms. The highest BCUT2D eigenvalue weighted by Crippen LogP contribution is 2.40. The first-order chi connectivity index (χ1) is 13.1. The molecule has 2 aliphatic rings. The Balaban J connectivity index is 1.47. The summed E-state index contributed by atoms with van der Waals surface area (Å²) in [4.78, 5) is 2.25. The van der Waals surface area contributed by atoms with E-state index in [0.29, 0.717) is 50.4 Å². The number of hydrogen-bond donors (Lipinski definition) is 1. The van der Waals surface area contributed by atoms with Crippen LogP contribution in [0.1, 0.15) is 30.9 Å². The second kappa shape index (κ2) is 7.37. The minimum atomic E-state index is -1.11. The molecule has 2 heterocycles. The van der Waals surface area contributed by atoms with Gasteiger partial charge in [0.05, 0.1) is 12.2 Å². The molecular weight excluding hydrogens is 349 g/mol. The molecule has 0 spiro atoms. The van der Waals surface area contributed by atoms with Gasteiger partial charge in [0.1, 0.15) is 11.6 Å². The molecule has 0 bridgehead atoms. The van der Waals surface area contributed by atoms with Crippen LogP contribution < -0.4 is 14.2 Å². The number of hydrogen-bond acceptors (Lipinski definition) is 5. The lowest BCUT2D eigenvalue weighted by atomic mass is 9.84. The first-order valence-electron chi connectivity index (χ1n) is 9.34. The molecule has 4 rings (SSSR count). The van der Waals surface area contributed by atoms with E-state index in [1.54, 1.807) is 18.2 Å². The van der Waals surface area contributed by atoms with Gasteiger partial charge in [0.25, 0.3) is 0 Å². The lowest BCUT2D eigenvalue weighted by Gasteiger charge is -2.38. The van der Waals surface area contributed by atoms with Crippen LogP contribution in [0.4, 0.5) is 4.39 Å². The number of piperidine rings is 1. The molecule has 144 valence electrons. The van der Waals surface area contributed by atoms with Gasteiger partial charge in [0.2, 0.25) is 6.79 Å². The van der Waals surface area contributed by atoms with Crippen molar-refractivity contribution in [3.63, 3.8) is 0 Å². The molecule has 2 aromatic carbocycles. The molecule has 27 heavy (non-hydrogen) atoms. The van der Waals surface area contributed by atoms with E-state index in [4.69, 9.17) is 14.2 Å². The third-order valence-electron chi connectivity index (χ3n) is 5.31. The van der Waals surface area contributed by atoms with Crippen LogP contribution in [0.25, 0.3) is 0 Å². The number of fused-ring (bicyclic) bond motifs is 1. The van der Waals surface area contributed by atoms with Crippen LogP contribution >= 0.6 is 0 Å². The van der Waals surface area contributed by atoms with Crippen LogP contribution in [-0.4, -0.2) is 36.5 Å². The fraction of sp³-hybridized carbons (Fsp3) is 0.429. The summed E-state index contributed by atoms with van der Waals surface area (Å²) in [6.45, 7) is 4.77. The lowest BCUT2D eigenvalue weighted by Crippen LogP contribution is -2.42. The highest BCUT2D eigenvalue weighted by atomic mass is 19.1. The predicted molar refractivity (Wildman–Crippen MR) is 98.5 cm³/mol.